The molecule has 0 bridgehead atoms. The van der Waals surface area contributed by atoms with Gasteiger partial charge in [0.15, 0.2) is 0 Å². The van der Waals surface area contributed by atoms with Gasteiger partial charge < -0.3 is 15.1 Å². The van der Waals surface area contributed by atoms with Crippen LogP contribution < -0.4 is 10.2 Å². The molecular formula is C18H19N5O. The number of carbonyl (C=O) groups excluding carboxylic acids is 1. The van der Waals surface area contributed by atoms with Crippen LogP contribution in [0.1, 0.15) is 18.4 Å². The van der Waals surface area contributed by atoms with Crippen LogP contribution in [0.25, 0.3) is 10.9 Å². The number of urea groups is 1. The summed E-state index contributed by atoms with van der Waals surface area (Å²) in [7, 11) is 0. The third-order valence-electron chi connectivity index (χ3n) is 4.87. The SMILES string of the molecule is N#Cc1cc(N2CCC[C@@H](N3CCNC3=O)C2)nc2ccccc12. The average molecular weight is 321 g/mol. The minimum Gasteiger partial charge on any atom is -0.354 e. The van der Waals surface area contributed by atoms with E-state index >= 15 is 0 Å². The van der Waals surface area contributed by atoms with Crippen molar-refractivity contribution < 1.29 is 4.79 Å². The third kappa shape index (κ3) is 2.52. The number of aromatic nitrogens is 1. The van der Waals surface area contributed by atoms with E-state index < -0.39 is 0 Å². The summed E-state index contributed by atoms with van der Waals surface area (Å²) >= 11 is 0. The van der Waals surface area contributed by atoms with E-state index in [4.69, 9.17) is 4.98 Å². The molecule has 1 atom stereocenters. The maximum atomic E-state index is 11.9. The molecular weight excluding hydrogens is 302 g/mol. The number of rotatable bonds is 2. The van der Waals surface area contributed by atoms with Crippen LogP contribution in [0, 0.1) is 11.3 Å². The second-order valence-corrected chi connectivity index (χ2v) is 6.32. The number of para-hydroxylation sites is 1. The number of amides is 2. The van der Waals surface area contributed by atoms with Crippen molar-refractivity contribution in [3.05, 3.63) is 35.9 Å². The highest BCUT2D eigenvalue weighted by molar-refractivity contribution is 5.86. The lowest BCUT2D eigenvalue weighted by Crippen LogP contribution is -2.49. The average Bonchev–Trinajstić information content (AvgIpc) is 3.07. The lowest BCUT2D eigenvalue weighted by atomic mass is 10.0. The summed E-state index contributed by atoms with van der Waals surface area (Å²) in [6.07, 6.45) is 2.04. The van der Waals surface area contributed by atoms with E-state index in [2.05, 4.69) is 16.3 Å². The number of anilines is 1. The summed E-state index contributed by atoms with van der Waals surface area (Å²) in [5.74, 6) is 0.828. The van der Waals surface area contributed by atoms with E-state index in [-0.39, 0.29) is 12.1 Å². The number of benzene rings is 1. The Labute approximate surface area is 140 Å². The molecule has 1 aromatic carbocycles. The monoisotopic (exact) mass is 321 g/mol. The smallest absolute Gasteiger partial charge is 0.317 e. The third-order valence-corrected chi connectivity index (χ3v) is 4.87. The Bertz CT molecular complexity index is 828. The number of hydrogen-bond donors (Lipinski definition) is 1. The molecule has 2 fully saturated rings. The van der Waals surface area contributed by atoms with Crippen molar-refractivity contribution in [3.63, 3.8) is 0 Å². The van der Waals surface area contributed by atoms with Crippen LogP contribution in [-0.4, -0.2) is 48.1 Å². The molecule has 3 heterocycles. The maximum Gasteiger partial charge on any atom is 0.317 e. The summed E-state index contributed by atoms with van der Waals surface area (Å²) in [5.41, 5.74) is 1.49. The van der Waals surface area contributed by atoms with Crippen LogP contribution in [0.5, 0.6) is 0 Å². The minimum absolute atomic E-state index is 0.0334. The summed E-state index contributed by atoms with van der Waals surface area (Å²) in [6.45, 7) is 3.17. The molecule has 1 N–H and O–H groups in total. The number of nitrogens with zero attached hydrogens (tertiary/aromatic N) is 4. The molecule has 2 saturated heterocycles. The Morgan fingerprint density at radius 2 is 2.17 bits per heavy atom. The van der Waals surface area contributed by atoms with Crippen molar-refractivity contribution in [1.29, 1.82) is 5.26 Å². The number of nitriles is 1. The van der Waals surface area contributed by atoms with Crippen LogP contribution >= 0.6 is 0 Å². The van der Waals surface area contributed by atoms with Gasteiger partial charge in [0.1, 0.15) is 5.82 Å². The topological polar surface area (TPSA) is 72.3 Å². The minimum atomic E-state index is 0.0334. The molecule has 6 heteroatoms. The molecule has 2 aliphatic heterocycles. The Morgan fingerprint density at radius 3 is 2.96 bits per heavy atom. The van der Waals surface area contributed by atoms with Gasteiger partial charge in [-0.15, -0.1) is 0 Å². The first-order valence-electron chi connectivity index (χ1n) is 8.35. The fraction of sp³-hybridized carbons (Fsp3) is 0.389. The van der Waals surface area contributed by atoms with Crippen LogP contribution in [0.3, 0.4) is 0 Å². The van der Waals surface area contributed by atoms with Gasteiger partial charge in [-0.05, 0) is 25.0 Å². The Kier molecular flexibility index (Phi) is 3.69. The number of nitrogens with one attached hydrogen (secondary N) is 1. The number of pyridine rings is 1. The van der Waals surface area contributed by atoms with Gasteiger partial charge in [-0.1, -0.05) is 18.2 Å². The highest BCUT2D eigenvalue weighted by Crippen LogP contribution is 2.26. The van der Waals surface area contributed by atoms with E-state index in [0.717, 1.165) is 55.7 Å². The van der Waals surface area contributed by atoms with E-state index in [1.807, 2.05) is 35.2 Å². The summed E-state index contributed by atoms with van der Waals surface area (Å²) < 4.78 is 0. The molecule has 2 amide bonds. The summed E-state index contributed by atoms with van der Waals surface area (Å²) in [4.78, 5) is 20.8. The highest BCUT2D eigenvalue weighted by Gasteiger charge is 2.31. The van der Waals surface area contributed by atoms with Crippen molar-refractivity contribution >= 4 is 22.8 Å². The number of hydrogen-bond acceptors (Lipinski definition) is 4. The van der Waals surface area contributed by atoms with Gasteiger partial charge in [0.25, 0.3) is 0 Å². The quantitative estimate of drug-likeness (QED) is 0.919. The normalized spacial score (nSPS) is 21.0. The molecule has 4 rings (SSSR count). The second-order valence-electron chi connectivity index (χ2n) is 6.32. The number of piperidine rings is 1. The standard InChI is InChI=1S/C18H19N5O/c19-11-13-10-17(21-16-6-2-1-5-15(13)16)22-8-3-4-14(12-22)23-9-7-20-18(23)24/h1-2,5-6,10,14H,3-4,7-9,12H2,(H,20,24)/t14-/m1/s1. The predicted octanol–water partition coefficient (Wildman–Crippen LogP) is 2.10. The Hall–Kier alpha value is -2.81. The first-order chi connectivity index (χ1) is 11.8. The van der Waals surface area contributed by atoms with Crippen molar-refractivity contribution in [3.8, 4) is 6.07 Å². The summed E-state index contributed by atoms with van der Waals surface area (Å²) in [5, 5.41) is 13.2. The molecule has 2 aliphatic rings. The molecule has 0 radical (unpaired) electrons. The van der Waals surface area contributed by atoms with Gasteiger partial charge in [0.05, 0.1) is 23.2 Å². The largest absolute Gasteiger partial charge is 0.354 e. The van der Waals surface area contributed by atoms with E-state index in [0.29, 0.717) is 5.56 Å². The van der Waals surface area contributed by atoms with Crippen LogP contribution in [-0.2, 0) is 0 Å². The Morgan fingerprint density at radius 1 is 1.29 bits per heavy atom. The highest BCUT2D eigenvalue weighted by atomic mass is 16.2. The molecule has 0 saturated carbocycles. The summed E-state index contributed by atoms with van der Waals surface area (Å²) in [6, 6.07) is 12.1. The van der Waals surface area contributed by atoms with Crippen molar-refractivity contribution in [2.45, 2.75) is 18.9 Å². The lowest BCUT2D eigenvalue weighted by Gasteiger charge is -2.37. The van der Waals surface area contributed by atoms with Crippen LogP contribution in [0.15, 0.2) is 30.3 Å². The van der Waals surface area contributed by atoms with Crippen LogP contribution in [0.4, 0.5) is 10.6 Å². The molecule has 1 aromatic heterocycles. The molecule has 0 unspecified atom stereocenters. The molecule has 122 valence electrons. The second kappa shape index (κ2) is 6.00. The zero-order valence-electron chi connectivity index (χ0n) is 13.4. The first kappa shape index (κ1) is 14.8. The van der Waals surface area contributed by atoms with Gasteiger partial charge in [0, 0.05) is 31.6 Å². The molecule has 0 spiro atoms. The van der Waals surface area contributed by atoms with Crippen molar-refractivity contribution in [2.24, 2.45) is 0 Å². The van der Waals surface area contributed by atoms with Gasteiger partial charge in [-0.2, -0.15) is 5.26 Å². The fourth-order valence-corrected chi connectivity index (χ4v) is 3.67. The zero-order chi connectivity index (χ0) is 16.5. The van der Waals surface area contributed by atoms with E-state index in [1.165, 1.54) is 0 Å². The Balaban J connectivity index is 1.64. The van der Waals surface area contributed by atoms with Crippen molar-refractivity contribution in [2.75, 3.05) is 31.1 Å². The first-order valence-corrected chi connectivity index (χ1v) is 8.35. The number of carbonyl (C=O) groups is 1. The lowest BCUT2D eigenvalue weighted by molar-refractivity contribution is 0.189. The molecule has 0 aliphatic carbocycles. The van der Waals surface area contributed by atoms with Gasteiger partial charge >= 0.3 is 6.03 Å². The van der Waals surface area contributed by atoms with Crippen LogP contribution in [0.2, 0.25) is 0 Å². The van der Waals surface area contributed by atoms with Gasteiger partial charge in [-0.25, -0.2) is 9.78 Å². The molecule has 2 aromatic rings. The predicted molar refractivity (Wildman–Crippen MR) is 91.8 cm³/mol. The van der Waals surface area contributed by atoms with Gasteiger partial charge in [-0.3, -0.25) is 0 Å². The van der Waals surface area contributed by atoms with Crippen molar-refractivity contribution in [1.82, 2.24) is 15.2 Å². The van der Waals surface area contributed by atoms with E-state index in [1.54, 1.807) is 0 Å². The fourth-order valence-electron chi connectivity index (χ4n) is 3.67. The number of fused-ring (bicyclic) bond motifs is 1. The van der Waals surface area contributed by atoms with E-state index in [9.17, 15) is 10.1 Å². The molecule has 24 heavy (non-hydrogen) atoms. The molecule has 6 nitrogen and oxygen atoms in total. The van der Waals surface area contributed by atoms with Gasteiger partial charge in [0.2, 0.25) is 0 Å². The maximum absolute atomic E-state index is 11.9. The zero-order valence-corrected chi connectivity index (χ0v) is 13.4.